The van der Waals surface area contributed by atoms with Crippen LogP contribution in [-0.4, -0.2) is 55.9 Å². The second kappa shape index (κ2) is 7.85. The van der Waals surface area contributed by atoms with E-state index in [1.54, 1.807) is 7.11 Å². The molecule has 1 aromatic carbocycles. The lowest BCUT2D eigenvalue weighted by atomic mass is 9.86. The summed E-state index contributed by atoms with van der Waals surface area (Å²) >= 11 is 0. The number of nitrogens with one attached hydrogen (secondary N) is 1. The molecule has 2 atom stereocenters. The predicted molar refractivity (Wildman–Crippen MR) is 98.9 cm³/mol. The van der Waals surface area contributed by atoms with E-state index in [1.807, 2.05) is 12.1 Å². The second-order valence-corrected chi connectivity index (χ2v) is 7.55. The molecule has 2 aliphatic heterocycles. The summed E-state index contributed by atoms with van der Waals surface area (Å²) in [7, 11) is 1.74. The van der Waals surface area contributed by atoms with Crippen molar-refractivity contribution in [2.75, 3.05) is 38.7 Å². The van der Waals surface area contributed by atoms with Gasteiger partial charge in [0.2, 0.25) is 5.91 Å². The molecule has 1 aromatic rings. The summed E-state index contributed by atoms with van der Waals surface area (Å²) < 4.78 is 11.7. The Balaban J connectivity index is 1.53. The van der Waals surface area contributed by atoms with E-state index < -0.39 is 0 Å². The Morgan fingerprint density at radius 2 is 2.12 bits per heavy atom. The lowest BCUT2D eigenvalue weighted by Crippen LogP contribution is -2.57. The first-order valence-electron chi connectivity index (χ1n) is 9.31. The highest BCUT2D eigenvalue weighted by Gasteiger charge is 2.46. The fraction of sp³-hybridized carbons (Fsp3) is 0.650. The number of anilines is 1. The fourth-order valence-electron chi connectivity index (χ4n) is 3.96. The van der Waals surface area contributed by atoms with Crippen LogP contribution in [0.3, 0.4) is 0 Å². The largest absolute Gasteiger partial charge is 0.377 e. The highest BCUT2D eigenvalue weighted by atomic mass is 16.5. The smallest absolute Gasteiger partial charge is 0.238 e. The fourth-order valence-corrected chi connectivity index (χ4v) is 3.96. The van der Waals surface area contributed by atoms with Crippen molar-refractivity contribution in [1.82, 2.24) is 4.90 Å². The third-order valence-corrected chi connectivity index (χ3v) is 5.51. The van der Waals surface area contributed by atoms with Crippen LogP contribution in [0.1, 0.15) is 44.6 Å². The number of amides is 1. The summed E-state index contributed by atoms with van der Waals surface area (Å²) in [5, 5.41) is 3.00. The molecule has 0 aliphatic carbocycles. The van der Waals surface area contributed by atoms with Gasteiger partial charge in [0.1, 0.15) is 0 Å². The van der Waals surface area contributed by atoms with Gasteiger partial charge in [0.15, 0.2) is 0 Å². The minimum absolute atomic E-state index is 0.0236. The van der Waals surface area contributed by atoms with Crippen molar-refractivity contribution in [3.63, 3.8) is 0 Å². The van der Waals surface area contributed by atoms with Gasteiger partial charge in [-0.15, -0.1) is 0 Å². The Morgan fingerprint density at radius 3 is 2.72 bits per heavy atom. The number of methoxy groups -OCH3 is 1. The summed E-state index contributed by atoms with van der Waals surface area (Å²) in [4.78, 5) is 14.5. The maximum Gasteiger partial charge on any atom is 0.238 e. The highest BCUT2D eigenvalue weighted by Crippen LogP contribution is 2.37. The van der Waals surface area contributed by atoms with Crippen LogP contribution >= 0.6 is 0 Å². The molecule has 3 rings (SSSR count). The molecule has 0 saturated carbocycles. The normalized spacial score (nSPS) is 27.1. The summed E-state index contributed by atoms with van der Waals surface area (Å²) in [6.45, 7) is 7.17. The number of hydrogen-bond donors (Lipinski definition) is 1. The molecule has 5 heteroatoms. The number of hydrogen-bond acceptors (Lipinski definition) is 4. The zero-order valence-electron chi connectivity index (χ0n) is 15.6. The average Bonchev–Trinajstić information content (AvgIpc) is 3.06. The lowest BCUT2D eigenvalue weighted by Gasteiger charge is -2.44. The number of likely N-dealkylation sites (tertiary alicyclic amines) is 1. The summed E-state index contributed by atoms with van der Waals surface area (Å²) in [5.41, 5.74) is 2.00. The van der Waals surface area contributed by atoms with Crippen LogP contribution in [0.4, 0.5) is 5.69 Å². The van der Waals surface area contributed by atoms with Crippen LogP contribution in [0.15, 0.2) is 24.3 Å². The van der Waals surface area contributed by atoms with Crippen LogP contribution in [0.25, 0.3) is 0 Å². The molecule has 2 aliphatic rings. The standard InChI is InChI=1S/C20H30N2O3/c1-15(2)16-5-7-17(8-6-16)21-19(23)14-22-11-10-20(9-4-12-25-20)18(13-22)24-3/h5-8,15,18H,4,9-14H2,1-3H3,(H,21,23)/t18-,20-/m1/s1. The first kappa shape index (κ1) is 18.4. The zero-order valence-corrected chi connectivity index (χ0v) is 15.6. The topological polar surface area (TPSA) is 50.8 Å². The second-order valence-electron chi connectivity index (χ2n) is 7.55. The van der Waals surface area contributed by atoms with Crippen molar-refractivity contribution in [1.29, 1.82) is 0 Å². The highest BCUT2D eigenvalue weighted by molar-refractivity contribution is 5.92. The van der Waals surface area contributed by atoms with Gasteiger partial charge in [-0.2, -0.15) is 0 Å². The molecule has 1 spiro atoms. The Kier molecular flexibility index (Phi) is 5.77. The van der Waals surface area contributed by atoms with E-state index in [2.05, 4.69) is 36.2 Å². The Morgan fingerprint density at radius 1 is 1.36 bits per heavy atom. The molecule has 2 fully saturated rings. The van der Waals surface area contributed by atoms with E-state index in [9.17, 15) is 4.79 Å². The minimum atomic E-state index is -0.131. The van der Waals surface area contributed by atoms with Gasteiger partial charge in [0, 0.05) is 32.5 Å². The summed E-state index contributed by atoms with van der Waals surface area (Å²) in [6.07, 6.45) is 3.14. The van der Waals surface area contributed by atoms with Gasteiger partial charge in [-0.25, -0.2) is 0 Å². The van der Waals surface area contributed by atoms with E-state index in [-0.39, 0.29) is 17.6 Å². The Bertz CT molecular complexity index is 579. The molecule has 1 N–H and O–H groups in total. The summed E-state index contributed by atoms with van der Waals surface area (Å²) in [6, 6.07) is 8.10. The predicted octanol–water partition coefficient (Wildman–Crippen LogP) is 3.02. The van der Waals surface area contributed by atoms with Gasteiger partial charge >= 0.3 is 0 Å². The molecule has 2 saturated heterocycles. The average molecular weight is 346 g/mol. The molecule has 25 heavy (non-hydrogen) atoms. The number of ether oxygens (including phenoxy) is 2. The number of carbonyl (C=O) groups is 1. The molecule has 0 radical (unpaired) electrons. The van der Waals surface area contributed by atoms with Gasteiger partial charge in [-0.1, -0.05) is 26.0 Å². The molecular formula is C20H30N2O3. The van der Waals surface area contributed by atoms with Crippen molar-refractivity contribution < 1.29 is 14.3 Å². The van der Waals surface area contributed by atoms with Gasteiger partial charge in [-0.05, 0) is 42.9 Å². The van der Waals surface area contributed by atoms with Crippen LogP contribution in [0.2, 0.25) is 0 Å². The van der Waals surface area contributed by atoms with Crippen molar-refractivity contribution >= 4 is 11.6 Å². The van der Waals surface area contributed by atoms with E-state index in [4.69, 9.17) is 9.47 Å². The molecule has 138 valence electrons. The van der Waals surface area contributed by atoms with Gasteiger partial charge in [0.25, 0.3) is 0 Å². The van der Waals surface area contributed by atoms with E-state index in [1.165, 1.54) is 5.56 Å². The first-order chi connectivity index (χ1) is 12.0. The van der Waals surface area contributed by atoms with Crippen LogP contribution in [0, 0.1) is 0 Å². The van der Waals surface area contributed by atoms with Gasteiger partial charge in [0.05, 0.1) is 18.2 Å². The van der Waals surface area contributed by atoms with Crippen molar-refractivity contribution in [2.24, 2.45) is 0 Å². The van der Waals surface area contributed by atoms with Crippen LogP contribution < -0.4 is 5.32 Å². The van der Waals surface area contributed by atoms with Crippen molar-refractivity contribution in [2.45, 2.75) is 50.7 Å². The molecule has 2 heterocycles. The third-order valence-electron chi connectivity index (χ3n) is 5.51. The quantitative estimate of drug-likeness (QED) is 0.890. The number of piperidine rings is 1. The molecule has 0 bridgehead atoms. The van der Waals surface area contributed by atoms with E-state index in [0.717, 1.165) is 44.6 Å². The maximum atomic E-state index is 12.4. The molecular weight excluding hydrogens is 316 g/mol. The zero-order chi connectivity index (χ0) is 17.9. The number of nitrogens with zero attached hydrogens (tertiary/aromatic N) is 1. The first-order valence-corrected chi connectivity index (χ1v) is 9.31. The van der Waals surface area contributed by atoms with Crippen molar-refractivity contribution in [3.8, 4) is 0 Å². The summed E-state index contributed by atoms with van der Waals surface area (Å²) in [5.74, 6) is 0.518. The van der Waals surface area contributed by atoms with E-state index >= 15 is 0 Å². The van der Waals surface area contributed by atoms with Crippen molar-refractivity contribution in [3.05, 3.63) is 29.8 Å². The molecule has 5 nitrogen and oxygen atoms in total. The molecule has 0 aromatic heterocycles. The van der Waals surface area contributed by atoms with Gasteiger partial charge in [-0.3, -0.25) is 9.69 Å². The van der Waals surface area contributed by atoms with Gasteiger partial charge < -0.3 is 14.8 Å². The third kappa shape index (κ3) is 4.22. The lowest BCUT2D eigenvalue weighted by molar-refractivity contribution is -0.145. The monoisotopic (exact) mass is 346 g/mol. The number of carbonyl (C=O) groups excluding carboxylic acids is 1. The molecule has 1 amide bonds. The number of benzene rings is 1. The van der Waals surface area contributed by atoms with Crippen LogP contribution in [0.5, 0.6) is 0 Å². The maximum absolute atomic E-state index is 12.4. The Hall–Kier alpha value is -1.43. The number of rotatable bonds is 5. The van der Waals surface area contributed by atoms with Crippen LogP contribution in [-0.2, 0) is 14.3 Å². The Labute approximate surface area is 150 Å². The van der Waals surface area contributed by atoms with E-state index in [0.29, 0.717) is 12.5 Å². The minimum Gasteiger partial charge on any atom is -0.377 e. The SMILES string of the molecule is CO[C@@H]1CN(CC(=O)Nc2ccc(C(C)C)cc2)CC[C@]12CCCO2. The molecule has 0 unspecified atom stereocenters.